The molecule has 1 N–H and O–H groups in total. The van der Waals surface area contributed by atoms with Crippen molar-refractivity contribution in [1.82, 2.24) is 10.2 Å². The van der Waals surface area contributed by atoms with Crippen molar-refractivity contribution in [1.29, 1.82) is 0 Å². The Kier molecular flexibility index (Phi) is 3.89. The van der Waals surface area contributed by atoms with Crippen molar-refractivity contribution in [3.8, 4) is 0 Å². The van der Waals surface area contributed by atoms with E-state index in [4.69, 9.17) is 0 Å². The summed E-state index contributed by atoms with van der Waals surface area (Å²) in [5, 5.41) is 5.80. The lowest BCUT2D eigenvalue weighted by molar-refractivity contribution is -0.127. The first-order valence-electron chi connectivity index (χ1n) is 5.31. The number of carbonyl (C=O) groups excluding carboxylic acids is 1. The largest absolute Gasteiger partial charge is 0.320 e. The third kappa shape index (κ3) is 2.42. The lowest BCUT2D eigenvalue weighted by Gasteiger charge is -2.25. The van der Waals surface area contributed by atoms with E-state index in [1.165, 1.54) is 4.88 Å². The molecule has 1 fully saturated rings. The van der Waals surface area contributed by atoms with Crippen LogP contribution >= 0.6 is 23.1 Å². The highest BCUT2D eigenvalue weighted by molar-refractivity contribution is 7.99. The van der Waals surface area contributed by atoms with Crippen LogP contribution in [0.15, 0.2) is 17.5 Å². The van der Waals surface area contributed by atoms with E-state index in [2.05, 4.69) is 29.9 Å². The maximum Gasteiger partial charge on any atom is 0.238 e. The summed E-state index contributed by atoms with van der Waals surface area (Å²) in [5.41, 5.74) is 0. The van der Waals surface area contributed by atoms with Gasteiger partial charge in [0.1, 0.15) is 6.17 Å². The molecule has 1 aliphatic rings. The SMILES string of the molecule is CSC(C)CN1C(=O)CNC1c1cccs1. The summed E-state index contributed by atoms with van der Waals surface area (Å²) in [5.74, 6) is 0.208. The zero-order valence-corrected chi connectivity index (χ0v) is 11.1. The number of nitrogens with one attached hydrogen (secondary N) is 1. The van der Waals surface area contributed by atoms with Gasteiger partial charge in [-0.25, -0.2) is 0 Å². The molecule has 16 heavy (non-hydrogen) atoms. The smallest absolute Gasteiger partial charge is 0.238 e. The van der Waals surface area contributed by atoms with E-state index in [1.54, 1.807) is 23.1 Å². The Morgan fingerprint density at radius 3 is 3.19 bits per heavy atom. The van der Waals surface area contributed by atoms with Crippen molar-refractivity contribution in [2.45, 2.75) is 18.3 Å². The van der Waals surface area contributed by atoms with Gasteiger partial charge in [-0.05, 0) is 17.7 Å². The minimum absolute atomic E-state index is 0.0853. The first-order valence-corrected chi connectivity index (χ1v) is 7.48. The Bertz CT molecular complexity index is 353. The molecule has 0 aromatic carbocycles. The summed E-state index contributed by atoms with van der Waals surface area (Å²) in [6.45, 7) is 3.43. The van der Waals surface area contributed by atoms with Crippen LogP contribution in [0.1, 0.15) is 18.0 Å². The third-order valence-corrected chi connectivity index (χ3v) is 4.63. The minimum Gasteiger partial charge on any atom is -0.320 e. The zero-order chi connectivity index (χ0) is 11.5. The molecule has 2 unspecified atom stereocenters. The molecule has 5 heteroatoms. The Hall–Kier alpha value is -0.520. The van der Waals surface area contributed by atoms with Crippen LogP contribution in [0.4, 0.5) is 0 Å². The van der Waals surface area contributed by atoms with Crippen LogP contribution in [0, 0.1) is 0 Å². The van der Waals surface area contributed by atoms with Gasteiger partial charge in [0.15, 0.2) is 0 Å². The predicted molar refractivity (Wildman–Crippen MR) is 69.8 cm³/mol. The van der Waals surface area contributed by atoms with Crippen LogP contribution in [0.3, 0.4) is 0 Å². The third-order valence-electron chi connectivity index (χ3n) is 2.75. The molecule has 2 atom stereocenters. The summed E-state index contributed by atoms with van der Waals surface area (Å²) in [4.78, 5) is 15.0. The number of thioether (sulfide) groups is 1. The van der Waals surface area contributed by atoms with Crippen molar-refractivity contribution >= 4 is 29.0 Å². The van der Waals surface area contributed by atoms with Crippen LogP contribution < -0.4 is 5.32 Å². The summed E-state index contributed by atoms with van der Waals surface area (Å²) in [6, 6.07) is 4.11. The molecule has 1 aromatic heterocycles. The molecular weight excluding hydrogens is 240 g/mol. The van der Waals surface area contributed by atoms with Crippen LogP contribution in [0.2, 0.25) is 0 Å². The van der Waals surface area contributed by atoms with Gasteiger partial charge in [-0.3, -0.25) is 10.1 Å². The maximum atomic E-state index is 11.8. The molecular formula is C11H16N2OS2. The Labute approximate surface area is 104 Å². The zero-order valence-electron chi connectivity index (χ0n) is 9.47. The van der Waals surface area contributed by atoms with Gasteiger partial charge in [-0.15, -0.1) is 11.3 Å². The van der Waals surface area contributed by atoms with Gasteiger partial charge >= 0.3 is 0 Å². The summed E-state index contributed by atoms with van der Waals surface area (Å²) < 4.78 is 0. The molecule has 0 spiro atoms. The number of nitrogens with zero attached hydrogens (tertiary/aromatic N) is 1. The minimum atomic E-state index is 0.0853. The average Bonchev–Trinajstić information content (AvgIpc) is 2.89. The Morgan fingerprint density at radius 1 is 1.75 bits per heavy atom. The van der Waals surface area contributed by atoms with Crippen molar-refractivity contribution in [2.24, 2.45) is 0 Å². The second kappa shape index (κ2) is 5.21. The molecule has 0 radical (unpaired) electrons. The lowest BCUT2D eigenvalue weighted by Crippen LogP contribution is -2.34. The van der Waals surface area contributed by atoms with Gasteiger partial charge in [0.2, 0.25) is 5.91 Å². The van der Waals surface area contributed by atoms with E-state index in [0.29, 0.717) is 11.8 Å². The van der Waals surface area contributed by atoms with E-state index in [1.807, 2.05) is 11.0 Å². The van der Waals surface area contributed by atoms with Gasteiger partial charge in [0, 0.05) is 16.7 Å². The van der Waals surface area contributed by atoms with E-state index in [-0.39, 0.29) is 12.1 Å². The number of thiophene rings is 1. The molecule has 88 valence electrons. The molecule has 0 bridgehead atoms. The molecule has 1 aromatic rings. The molecule has 0 aliphatic carbocycles. The predicted octanol–water partition coefficient (Wildman–Crippen LogP) is 1.93. The summed E-state index contributed by atoms with van der Waals surface area (Å²) >= 11 is 3.49. The molecule has 2 heterocycles. The fourth-order valence-corrected chi connectivity index (χ4v) is 2.92. The van der Waals surface area contributed by atoms with Crippen molar-refractivity contribution in [3.05, 3.63) is 22.4 Å². The van der Waals surface area contributed by atoms with E-state index in [0.717, 1.165) is 6.54 Å². The normalized spacial score (nSPS) is 22.8. The lowest BCUT2D eigenvalue weighted by atomic mass is 10.3. The molecule has 1 amide bonds. The highest BCUT2D eigenvalue weighted by Gasteiger charge is 2.32. The molecule has 2 rings (SSSR count). The fourth-order valence-electron chi connectivity index (χ4n) is 1.80. The topological polar surface area (TPSA) is 32.3 Å². The molecule has 0 saturated carbocycles. The van der Waals surface area contributed by atoms with Gasteiger partial charge in [0.05, 0.1) is 6.54 Å². The van der Waals surface area contributed by atoms with Crippen molar-refractivity contribution in [2.75, 3.05) is 19.3 Å². The quantitative estimate of drug-likeness (QED) is 0.893. The average molecular weight is 256 g/mol. The van der Waals surface area contributed by atoms with Crippen molar-refractivity contribution < 1.29 is 4.79 Å². The van der Waals surface area contributed by atoms with E-state index in [9.17, 15) is 4.79 Å². The first kappa shape index (κ1) is 12.0. The Morgan fingerprint density at radius 2 is 2.56 bits per heavy atom. The van der Waals surface area contributed by atoms with Crippen LogP contribution in [-0.4, -0.2) is 35.4 Å². The highest BCUT2D eigenvalue weighted by Crippen LogP contribution is 2.27. The van der Waals surface area contributed by atoms with Crippen LogP contribution in [0.25, 0.3) is 0 Å². The van der Waals surface area contributed by atoms with Gasteiger partial charge in [-0.2, -0.15) is 11.8 Å². The fraction of sp³-hybridized carbons (Fsp3) is 0.545. The number of rotatable bonds is 4. The van der Waals surface area contributed by atoms with E-state index < -0.39 is 0 Å². The maximum absolute atomic E-state index is 11.8. The number of hydrogen-bond donors (Lipinski definition) is 1. The Balaban J connectivity index is 2.10. The summed E-state index contributed by atoms with van der Waals surface area (Å²) in [7, 11) is 0. The van der Waals surface area contributed by atoms with Gasteiger partial charge < -0.3 is 4.90 Å². The van der Waals surface area contributed by atoms with Crippen LogP contribution in [-0.2, 0) is 4.79 Å². The van der Waals surface area contributed by atoms with Crippen LogP contribution in [0.5, 0.6) is 0 Å². The number of amides is 1. The first-order chi connectivity index (χ1) is 7.72. The standard InChI is InChI=1S/C11H16N2OS2/c1-8(15-2)7-13-10(14)6-12-11(13)9-4-3-5-16-9/h3-5,8,11-12H,6-7H2,1-2H3. The molecule has 1 saturated heterocycles. The second-order valence-electron chi connectivity index (χ2n) is 3.89. The number of carbonyl (C=O) groups is 1. The van der Waals surface area contributed by atoms with E-state index >= 15 is 0 Å². The second-order valence-corrected chi connectivity index (χ2v) is 6.15. The van der Waals surface area contributed by atoms with Crippen molar-refractivity contribution in [3.63, 3.8) is 0 Å². The molecule has 3 nitrogen and oxygen atoms in total. The monoisotopic (exact) mass is 256 g/mol. The van der Waals surface area contributed by atoms with Gasteiger partial charge in [-0.1, -0.05) is 13.0 Å². The number of hydrogen-bond acceptors (Lipinski definition) is 4. The molecule has 1 aliphatic heterocycles. The highest BCUT2D eigenvalue weighted by atomic mass is 32.2. The summed E-state index contributed by atoms with van der Waals surface area (Å²) in [6.07, 6.45) is 2.17. The van der Waals surface area contributed by atoms with Gasteiger partial charge in [0.25, 0.3) is 0 Å².